The molecule has 9 heteroatoms. The molecule has 0 spiro atoms. The molecule has 2 aliphatic rings. The Bertz CT molecular complexity index is 715. The van der Waals surface area contributed by atoms with Gasteiger partial charge in [-0.25, -0.2) is 4.21 Å². The van der Waals surface area contributed by atoms with E-state index in [2.05, 4.69) is 8.87 Å². The summed E-state index contributed by atoms with van der Waals surface area (Å²) in [5.41, 5.74) is 0. The van der Waals surface area contributed by atoms with Gasteiger partial charge in [-0.1, -0.05) is 6.42 Å². The first-order chi connectivity index (χ1) is 9.99. The van der Waals surface area contributed by atoms with Crippen molar-refractivity contribution in [2.75, 3.05) is 24.7 Å². The highest BCUT2D eigenvalue weighted by Gasteiger charge is 2.26. The Hall–Kier alpha value is -0.930. The Morgan fingerprint density at radius 3 is 2.71 bits per heavy atom. The van der Waals surface area contributed by atoms with Crippen LogP contribution in [0, 0.1) is 5.92 Å². The highest BCUT2D eigenvalue weighted by Crippen LogP contribution is 2.28. The Kier molecular flexibility index (Phi) is 4.06. The van der Waals surface area contributed by atoms with Gasteiger partial charge in [-0.15, -0.1) is 3.77 Å². The van der Waals surface area contributed by atoms with Crippen LogP contribution < -0.4 is 0 Å². The third-order valence-electron chi connectivity index (χ3n) is 3.92. The van der Waals surface area contributed by atoms with Crippen molar-refractivity contribution in [2.45, 2.75) is 30.8 Å². The second-order valence-electron chi connectivity index (χ2n) is 5.49. The summed E-state index contributed by atoms with van der Waals surface area (Å²) in [5, 5.41) is 4.13. The predicted octanol–water partition coefficient (Wildman–Crippen LogP) is 0.870. The molecular weight excluding hydrogens is 314 g/mol. The quantitative estimate of drug-likeness (QED) is 0.815. The van der Waals surface area contributed by atoms with Gasteiger partial charge in [0.05, 0.1) is 40.6 Å². The van der Waals surface area contributed by atoms with Crippen molar-refractivity contribution >= 4 is 19.8 Å². The van der Waals surface area contributed by atoms with Gasteiger partial charge in [-0.2, -0.15) is 13.5 Å². The molecule has 1 saturated heterocycles. The smallest absolute Gasteiger partial charge is 0.307 e. The maximum atomic E-state index is 12.5. The summed E-state index contributed by atoms with van der Waals surface area (Å²) in [4.78, 5) is 0. The molecular formula is C12H19N3O4S2. The zero-order chi connectivity index (χ0) is 14.9. The molecule has 3 rings (SSSR count). The second-order valence-corrected chi connectivity index (χ2v) is 9.82. The van der Waals surface area contributed by atoms with Gasteiger partial charge < -0.3 is 4.74 Å². The monoisotopic (exact) mass is 333 g/mol. The Balaban J connectivity index is 1.89. The standard InChI is InChI=1S/C12H19N3O4S2/c16-20(8-6-19-7-9-20)14-21(17,18)12-4-5-13-15(12)10-11-2-1-3-11/h4-5,11H,1-3,6-10H2. The first-order valence-corrected chi connectivity index (χ1v) is 10.4. The van der Waals surface area contributed by atoms with Crippen molar-refractivity contribution in [1.82, 2.24) is 9.78 Å². The molecule has 1 aromatic rings. The fraction of sp³-hybridized carbons (Fsp3) is 0.750. The van der Waals surface area contributed by atoms with Crippen molar-refractivity contribution in [2.24, 2.45) is 9.69 Å². The van der Waals surface area contributed by atoms with Crippen molar-refractivity contribution in [3.8, 4) is 0 Å². The van der Waals surface area contributed by atoms with Gasteiger partial charge in [-0.05, 0) is 24.8 Å². The molecule has 2 heterocycles. The van der Waals surface area contributed by atoms with Crippen molar-refractivity contribution in [3.05, 3.63) is 12.3 Å². The van der Waals surface area contributed by atoms with E-state index in [-0.39, 0.29) is 16.5 Å². The van der Waals surface area contributed by atoms with Gasteiger partial charge in [0.15, 0.2) is 5.03 Å². The van der Waals surface area contributed by atoms with Crippen LogP contribution in [-0.4, -0.2) is 47.1 Å². The summed E-state index contributed by atoms with van der Waals surface area (Å²) in [6.07, 6.45) is 4.85. The average molecular weight is 333 g/mol. The van der Waals surface area contributed by atoms with Crippen LogP contribution in [0.25, 0.3) is 0 Å². The number of hydrogen-bond acceptors (Lipinski definition) is 5. The van der Waals surface area contributed by atoms with Gasteiger partial charge in [0, 0.05) is 6.54 Å². The lowest BCUT2D eigenvalue weighted by atomic mass is 9.85. The number of aromatic nitrogens is 2. The van der Waals surface area contributed by atoms with E-state index in [1.54, 1.807) is 0 Å². The molecule has 0 radical (unpaired) electrons. The molecule has 0 N–H and O–H groups in total. The van der Waals surface area contributed by atoms with Crippen LogP contribution >= 0.6 is 0 Å². The van der Waals surface area contributed by atoms with E-state index in [9.17, 15) is 12.6 Å². The molecule has 2 fully saturated rings. The Morgan fingerprint density at radius 2 is 2.10 bits per heavy atom. The Morgan fingerprint density at radius 1 is 1.38 bits per heavy atom. The minimum Gasteiger partial charge on any atom is -0.379 e. The first kappa shape index (κ1) is 15.0. The molecule has 1 aliphatic carbocycles. The molecule has 0 atom stereocenters. The van der Waals surface area contributed by atoms with Crippen LogP contribution in [0.4, 0.5) is 0 Å². The van der Waals surface area contributed by atoms with Crippen LogP contribution in [-0.2, 0) is 31.0 Å². The van der Waals surface area contributed by atoms with E-state index in [0.29, 0.717) is 25.7 Å². The number of hydrogen-bond donors (Lipinski definition) is 0. The fourth-order valence-electron chi connectivity index (χ4n) is 2.47. The summed E-state index contributed by atoms with van der Waals surface area (Å²) in [6.45, 7) is 1.17. The highest BCUT2D eigenvalue weighted by molar-refractivity contribution is 8.03. The van der Waals surface area contributed by atoms with E-state index in [1.807, 2.05) is 0 Å². The zero-order valence-corrected chi connectivity index (χ0v) is 13.3. The fourth-order valence-corrected chi connectivity index (χ4v) is 6.38. The van der Waals surface area contributed by atoms with Crippen LogP contribution in [0.1, 0.15) is 19.3 Å². The normalized spacial score (nSPS) is 22.7. The average Bonchev–Trinajstić information content (AvgIpc) is 2.82. The van der Waals surface area contributed by atoms with Crippen molar-refractivity contribution in [1.29, 1.82) is 0 Å². The van der Waals surface area contributed by atoms with Gasteiger partial charge in [0.2, 0.25) is 0 Å². The lowest BCUT2D eigenvalue weighted by Gasteiger charge is -2.25. The highest BCUT2D eigenvalue weighted by atomic mass is 32.3. The van der Waals surface area contributed by atoms with E-state index in [1.165, 1.54) is 23.4 Å². The lowest BCUT2D eigenvalue weighted by Crippen LogP contribution is -2.27. The molecule has 21 heavy (non-hydrogen) atoms. The molecule has 1 aromatic heterocycles. The van der Waals surface area contributed by atoms with Crippen LogP contribution in [0.3, 0.4) is 0 Å². The van der Waals surface area contributed by atoms with E-state index in [0.717, 1.165) is 12.8 Å². The zero-order valence-electron chi connectivity index (χ0n) is 11.7. The van der Waals surface area contributed by atoms with Crippen molar-refractivity contribution in [3.63, 3.8) is 0 Å². The maximum Gasteiger partial charge on any atom is 0.307 e. The summed E-state index contributed by atoms with van der Waals surface area (Å²) in [6, 6.07) is 1.43. The number of ether oxygens (including phenoxy) is 1. The van der Waals surface area contributed by atoms with Crippen LogP contribution in [0.15, 0.2) is 21.1 Å². The SMILES string of the molecule is O=S(=O)(N=S1(=O)CCOCC1)c1ccnn1CC1CCC1. The van der Waals surface area contributed by atoms with Gasteiger partial charge in [0.25, 0.3) is 0 Å². The topological polar surface area (TPSA) is 90.6 Å². The minimum atomic E-state index is -3.94. The molecule has 0 bridgehead atoms. The predicted molar refractivity (Wildman–Crippen MR) is 77.9 cm³/mol. The molecule has 0 unspecified atom stereocenters. The summed E-state index contributed by atoms with van der Waals surface area (Å²) >= 11 is 0. The summed E-state index contributed by atoms with van der Waals surface area (Å²) in [5.74, 6) is 0.821. The largest absolute Gasteiger partial charge is 0.379 e. The molecule has 0 amide bonds. The third kappa shape index (κ3) is 3.29. The number of nitrogens with zero attached hydrogens (tertiary/aromatic N) is 3. The molecule has 7 nitrogen and oxygen atoms in total. The molecule has 1 aliphatic heterocycles. The second kappa shape index (κ2) is 5.69. The Labute approximate surface area is 124 Å². The number of rotatable bonds is 4. The minimum absolute atomic E-state index is 0.0450. The molecule has 118 valence electrons. The van der Waals surface area contributed by atoms with Gasteiger partial charge in [-0.3, -0.25) is 4.68 Å². The van der Waals surface area contributed by atoms with Crippen LogP contribution in [0.2, 0.25) is 0 Å². The molecule has 1 saturated carbocycles. The van der Waals surface area contributed by atoms with Crippen LogP contribution in [0.5, 0.6) is 0 Å². The van der Waals surface area contributed by atoms with Gasteiger partial charge >= 0.3 is 10.0 Å². The first-order valence-electron chi connectivity index (χ1n) is 7.07. The van der Waals surface area contributed by atoms with E-state index < -0.39 is 19.8 Å². The molecule has 0 aromatic carbocycles. The number of sulfonamides is 1. The maximum absolute atomic E-state index is 12.5. The van der Waals surface area contributed by atoms with Crippen molar-refractivity contribution < 1.29 is 17.4 Å². The van der Waals surface area contributed by atoms with E-state index in [4.69, 9.17) is 4.74 Å². The van der Waals surface area contributed by atoms with Gasteiger partial charge in [0.1, 0.15) is 0 Å². The summed E-state index contributed by atoms with van der Waals surface area (Å²) in [7, 11) is -6.68. The summed E-state index contributed by atoms with van der Waals surface area (Å²) < 4.78 is 47.6. The lowest BCUT2D eigenvalue weighted by molar-refractivity contribution is 0.158. The third-order valence-corrected chi connectivity index (χ3v) is 8.28. The van der Waals surface area contributed by atoms with E-state index >= 15 is 0 Å².